The number of non-ortho nitro benzene ring substituents is 1. The lowest BCUT2D eigenvalue weighted by atomic mass is 9.99. The normalized spacial score (nSPS) is 11.9. The third-order valence-electron chi connectivity index (χ3n) is 3.14. The molecule has 2 aromatic rings. The van der Waals surface area contributed by atoms with Crippen LogP contribution in [0.1, 0.15) is 17.2 Å². The fourth-order valence-electron chi connectivity index (χ4n) is 2.09. The van der Waals surface area contributed by atoms with Crippen LogP contribution in [0.2, 0.25) is 0 Å². The molecule has 104 valence electrons. The van der Waals surface area contributed by atoms with Crippen molar-refractivity contribution in [3.63, 3.8) is 0 Å². The Balaban J connectivity index is 2.14. The van der Waals surface area contributed by atoms with Crippen molar-refractivity contribution in [3.05, 3.63) is 69.8 Å². The van der Waals surface area contributed by atoms with Crippen molar-refractivity contribution < 1.29 is 9.66 Å². The Bertz CT molecular complexity index is 596. The van der Waals surface area contributed by atoms with Crippen molar-refractivity contribution in [1.82, 2.24) is 0 Å². The molecule has 2 aromatic carbocycles. The fraction of sp³-hybridized carbons (Fsp3) is 0.200. The van der Waals surface area contributed by atoms with Crippen LogP contribution >= 0.6 is 0 Å². The van der Waals surface area contributed by atoms with Crippen molar-refractivity contribution in [3.8, 4) is 5.75 Å². The van der Waals surface area contributed by atoms with Crippen molar-refractivity contribution >= 4 is 5.69 Å². The molecule has 0 aliphatic rings. The van der Waals surface area contributed by atoms with Crippen molar-refractivity contribution in [2.75, 3.05) is 7.11 Å². The van der Waals surface area contributed by atoms with E-state index in [1.165, 1.54) is 12.1 Å². The SMILES string of the molecule is COc1ccccc1C(N)Cc1ccc([N+](=O)[O-])cc1. The Morgan fingerprint density at radius 3 is 2.45 bits per heavy atom. The second-order valence-electron chi connectivity index (χ2n) is 4.48. The van der Waals surface area contributed by atoms with Gasteiger partial charge in [0, 0.05) is 23.7 Å². The van der Waals surface area contributed by atoms with E-state index in [-0.39, 0.29) is 11.7 Å². The van der Waals surface area contributed by atoms with Gasteiger partial charge in [-0.15, -0.1) is 0 Å². The van der Waals surface area contributed by atoms with Gasteiger partial charge in [-0.1, -0.05) is 30.3 Å². The van der Waals surface area contributed by atoms with Crippen LogP contribution in [0, 0.1) is 10.1 Å². The molecule has 2 N–H and O–H groups in total. The van der Waals surface area contributed by atoms with Gasteiger partial charge in [0.05, 0.1) is 12.0 Å². The van der Waals surface area contributed by atoms with Gasteiger partial charge in [0.2, 0.25) is 0 Å². The molecule has 1 atom stereocenters. The summed E-state index contributed by atoms with van der Waals surface area (Å²) in [6, 6.07) is 13.8. The molecule has 5 nitrogen and oxygen atoms in total. The summed E-state index contributed by atoms with van der Waals surface area (Å²) in [5.41, 5.74) is 8.15. The summed E-state index contributed by atoms with van der Waals surface area (Å²) in [4.78, 5) is 10.2. The molecule has 20 heavy (non-hydrogen) atoms. The van der Waals surface area contributed by atoms with Gasteiger partial charge < -0.3 is 10.5 Å². The first kappa shape index (κ1) is 14.0. The Kier molecular flexibility index (Phi) is 4.32. The number of benzene rings is 2. The molecule has 0 heterocycles. The number of rotatable bonds is 5. The molecule has 1 unspecified atom stereocenters. The second-order valence-corrected chi connectivity index (χ2v) is 4.48. The van der Waals surface area contributed by atoms with Gasteiger partial charge in [0.1, 0.15) is 5.75 Å². The number of nitro groups is 1. The topological polar surface area (TPSA) is 78.4 Å². The minimum Gasteiger partial charge on any atom is -0.496 e. The highest BCUT2D eigenvalue weighted by atomic mass is 16.6. The number of nitrogens with two attached hydrogens (primary N) is 1. The summed E-state index contributed by atoms with van der Waals surface area (Å²) in [5, 5.41) is 10.6. The second kappa shape index (κ2) is 6.16. The summed E-state index contributed by atoms with van der Waals surface area (Å²) in [6.07, 6.45) is 0.596. The maximum absolute atomic E-state index is 10.6. The Hall–Kier alpha value is -2.40. The maximum atomic E-state index is 10.6. The van der Waals surface area contributed by atoms with Gasteiger partial charge in [-0.25, -0.2) is 0 Å². The molecular formula is C15H16N2O3. The van der Waals surface area contributed by atoms with Gasteiger partial charge in [-0.2, -0.15) is 0 Å². The lowest BCUT2D eigenvalue weighted by Crippen LogP contribution is -2.14. The Morgan fingerprint density at radius 2 is 1.85 bits per heavy atom. The molecule has 0 aliphatic carbocycles. The third kappa shape index (κ3) is 3.13. The Labute approximate surface area is 117 Å². The quantitative estimate of drug-likeness (QED) is 0.670. The van der Waals surface area contributed by atoms with E-state index in [2.05, 4.69) is 0 Å². The van der Waals surface area contributed by atoms with Gasteiger partial charge in [-0.05, 0) is 18.1 Å². The molecule has 0 aromatic heterocycles. The van der Waals surface area contributed by atoms with Crippen LogP contribution in [0.15, 0.2) is 48.5 Å². The van der Waals surface area contributed by atoms with Crippen molar-refractivity contribution in [2.45, 2.75) is 12.5 Å². The highest BCUT2D eigenvalue weighted by molar-refractivity contribution is 5.38. The van der Waals surface area contributed by atoms with E-state index in [0.29, 0.717) is 6.42 Å². The molecule has 0 fully saturated rings. The third-order valence-corrected chi connectivity index (χ3v) is 3.14. The van der Waals surface area contributed by atoms with Gasteiger partial charge >= 0.3 is 0 Å². The van der Waals surface area contributed by atoms with Crippen LogP contribution in [-0.4, -0.2) is 12.0 Å². The highest BCUT2D eigenvalue weighted by Gasteiger charge is 2.12. The fourth-order valence-corrected chi connectivity index (χ4v) is 2.09. The number of ether oxygens (including phenoxy) is 1. The molecular weight excluding hydrogens is 256 g/mol. The summed E-state index contributed by atoms with van der Waals surface area (Å²) in [6.45, 7) is 0. The van der Waals surface area contributed by atoms with E-state index >= 15 is 0 Å². The van der Waals surface area contributed by atoms with E-state index in [1.807, 2.05) is 24.3 Å². The van der Waals surface area contributed by atoms with Gasteiger partial charge in [0.15, 0.2) is 0 Å². The van der Waals surface area contributed by atoms with E-state index in [1.54, 1.807) is 19.2 Å². The molecule has 0 spiro atoms. The van der Waals surface area contributed by atoms with Crippen molar-refractivity contribution in [2.24, 2.45) is 5.73 Å². The first-order valence-corrected chi connectivity index (χ1v) is 6.23. The van der Waals surface area contributed by atoms with Crippen LogP contribution < -0.4 is 10.5 Å². The number of nitro benzene ring substituents is 1. The van der Waals surface area contributed by atoms with E-state index in [0.717, 1.165) is 16.9 Å². The molecule has 2 rings (SSSR count). The average Bonchev–Trinajstić information content (AvgIpc) is 2.47. The first-order valence-electron chi connectivity index (χ1n) is 6.23. The first-order chi connectivity index (χ1) is 9.61. The minimum atomic E-state index is -0.413. The van der Waals surface area contributed by atoms with Crippen LogP contribution in [0.5, 0.6) is 5.75 Å². The monoisotopic (exact) mass is 272 g/mol. The van der Waals surface area contributed by atoms with Crippen molar-refractivity contribution in [1.29, 1.82) is 0 Å². The standard InChI is InChI=1S/C15H16N2O3/c1-20-15-5-3-2-4-13(15)14(16)10-11-6-8-12(9-7-11)17(18)19/h2-9,14H,10,16H2,1H3. The largest absolute Gasteiger partial charge is 0.496 e. The minimum absolute atomic E-state index is 0.0830. The lowest BCUT2D eigenvalue weighted by Gasteiger charge is -2.15. The predicted molar refractivity (Wildman–Crippen MR) is 76.7 cm³/mol. The van der Waals surface area contributed by atoms with Gasteiger partial charge in [-0.3, -0.25) is 10.1 Å². The molecule has 0 radical (unpaired) electrons. The average molecular weight is 272 g/mol. The van der Waals surface area contributed by atoms with Crippen LogP contribution in [0.4, 0.5) is 5.69 Å². The van der Waals surface area contributed by atoms with E-state index in [4.69, 9.17) is 10.5 Å². The Morgan fingerprint density at radius 1 is 1.20 bits per heavy atom. The zero-order chi connectivity index (χ0) is 14.5. The predicted octanol–water partition coefficient (Wildman–Crippen LogP) is 2.85. The number of nitrogens with zero attached hydrogens (tertiary/aromatic N) is 1. The summed E-state index contributed by atoms with van der Waals surface area (Å²) in [7, 11) is 1.61. The van der Waals surface area contributed by atoms with E-state index < -0.39 is 4.92 Å². The number of methoxy groups -OCH3 is 1. The maximum Gasteiger partial charge on any atom is 0.269 e. The highest BCUT2D eigenvalue weighted by Crippen LogP contribution is 2.26. The zero-order valence-corrected chi connectivity index (χ0v) is 11.2. The van der Waals surface area contributed by atoms with E-state index in [9.17, 15) is 10.1 Å². The summed E-state index contributed by atoms with van der Waals surface area (Å²) < 4.78 is 5.29. The zero-order valence-electron chi connectivity index (χ0n) is 11.2. The van der Waals surface area contributed by atoms with Crippen LogP contribution in [0.25, 0.3) is 0 Å². The number of hydrogen-bond donors (Lipinski definition) is 1. The lowest BCUT2D eigenvalue weighted by molar-refractivity contribution is -0.384. The molecule has 0 bridgehead atoms. The molecule has 5 heteroatoms. The number of hydrogen-bond acceptors (Lipinski definition) is 4. The van der Waals surface area contributed by atoms with Gasteiger partial charge in [0.25, 0.3) is 5.69 Å². The van der Waals surface area contributed by atoms with Crippen LogP contribution in [-0.2, 0) is 6.42 Å². The summed E-state index contributed by atoms with van der Waals surface area (Å²) in [5.74, 6) is 0.752. The summed E-state index contributed by atoms with van der Waals surface area (Å²) >= 11 is 0. The molecule has 0 aliphatic heterocycles. The smallest absolute Gasteiger partial charge is 0.269 e. The molecule has 0 saturated heterocycles. The molecule has 0 saturated carbocycles. The number of para-hydroxylation sites is 1. The molecule has 0 amide bonds. The van der Waals surface area contributed by atoms with Crippen LogP contribution in [0.3, 0.4) is 0 Å².